The van der Waals surface area contributed by atoms with Gasteiger partial charge in [0.1, 0.15) is 0 Å². The Labute approximate surface area is 139 Å². The molecule has 0 amide bonds. The molecule has 24 heavy (non-hydrogen) atoms. The van der Waals surface area contributed by atoms with Crippen LogP contribution < -0.4 is 0 Å². The summed E-state index contributed by atoms with van der Waals surface area (Å²) in [5.41, 5.74) is -1.23. The highest BCUT2D eigenvalue weighted by Gasteiger charge is 2.34. The lowest BCUT2D eigenvalue weighted by Gasteiger charge is -2.12. The first-order valence-electron chi connectivity index (χ1n) is 7.14. The Kier molecular flexibility index (Phi) is 4.04. The number of hydrogen-bond acceptors (Lipinski definition) is 3. The molecule has 0 saturated heterocycles. The molecule has 2 heterocycles. The summed E-state index contributed by atoms with van der Waals surface area (Å²) in [5, 5.41) is 9.37. The van der Waals surface area contributed by atoms with Crippen molar-refractivity contribution < 1.29 is 23.1 Å². The second-order valence-corrected chi connectivity index (χ2v) is 6.35. The second kappa shape index (κ2) is 5.90. The number of carboxylic acid groups (broad SMARTS) is 1. The number of halogens is 3. The molecule has 0 radical (unpaired) electrons. The number of thiophene rings is 1. The Bertz CT molecular complexity index is 931. The summed E-state index contributed by atoms with van der Waals surface area (Å²) in [4.78, 5) is 17.3. The van der Waals surface area contributed by atoms with E-state index < -0.39 is 17.7 Å². The van der Waals surface area contributed by atoms with Gasteiger partial charge in [-0.2, -0.15) is 13.2 Å². The largest absolute Gasteiger partial charge is 0.478 e. The van der Waals surface area contributed by atoms with E-state index in [0.29, 0.717) is 4.88 Å². The molecule has 0 fully saturated rings. The van der Waals surface area contributed by atoms with Gasteiger partial charge in [-0.15, -0.1) is 11.3 Å². The molecule has 0 aliphatic heterocycles. The van der Waals surface area contributed by atoms with Crippen molar-refractivity contribution in [2.75, 3.05) is 0 Å². The van der Waals surface area contributed by atoms with E-state index in [-0.39, 0.29) is 22.2 Å². The van der Waals surface area contributed by atoms with Crippen molar-refractivity contribution in [3.63, 3.8) is 0 Å². The molecule has 0 spiro atoms. The molecule has 3 nitrogen and oxygen atoms in total. The van der Waals surface area contributed by atoms with Crippen molar-refractivity contribution in [1.82, 2.24) is 4.98 Å². The Balaban J connectivity index is 2.34. The van der Waals surface area contributed by atoms with Crippen molar-refractivity contribution in [2.24, 2.45) is 0 Å². The molecule has 0 bridgehead atoms. The molecule has 0 aliphatic rings. The lowest BCUT2D eigenvalue weighted by atomic mass is 10.0. The van der Waals surface area contributed by atoms with E-state index in [0.717, 1.165) is 17.4 Å². The summed E-state index contributed by atoms with van der Waals surface area (Å²) in [6, 6.07) is 8.39. The van der Waals surface area contributed by atoms with E-state index in [4.69, 9.17) is 0 Å². The quantitative estimate of drug-likeness (QED) is 0.702. The van der Waals surface area contributed by atoms with Crippen LogP contribution in [0.15, 0.2) is 36.4 Å². The van der Waals surface area contributed by atoms with Crippen molar-refractivity contribution >= 4 is 28.2 Å². The minimum absolute atomic E-state index is 0.0200. The van der Waals surface area contributed by atoms with Gasteiger partial charge in [0.05, 0.1) is 27.2 Å². The van der Waals surface area contributed by atoms with Crippen molar-refractivity contribution in [3.8, 4) is 10.6 Å². The zero-order chi connectivity index (χ0) is 17.5. The average molecular weight is 351 g/mol. The Morgan fingerprint density at radius 2 is 2.00 bits per heavy atom. The van der Waals surface area contributed by atoms with E-state index in [1.54, 1.807) is 6.07 Å². The molecule has 0 saturated carbocycles. The third-order valence-electron chi connectivity index (χ3n) is 3.64. The van der Waals surface area contributed by atoms with Crippen LogP contribution in [0.2, 0.25) is 0 Å². The number of fused-ring (bicyclic) bond motifs is 1. The topological polar surface area (TPSA) is 50.2 Å². The first-order valence-corrected chi connectivity index (χ1v) is 7.96. The van der Waals surface area contributed by atoms with Gasteiger partial charge in [0.2, 0.25) is 0 Å². The summed E-state index contributed by atoms with van der Waals surface area (Å²) in [6.45, 7) is 1.97. The number of para-hydroxylation sites is 1. The fourth-order valence-electron chi connectivity index (χ4n) is 2.49. The van der Waals surface area contributed by atoms with Crippen molar-refractivity contribution in [2.45, 2.75) is 19.5 Å². The second-order valence-electron chi connectivity index (χ2n) is 5.18. The molecular weight excluding hydrogens is 339 g/mol. The maximum absolute atomic E-state index is 13.3. The predicted octanol–water partition coefficient (Wildman–Crippen LogP) is 5.24. The minimum atomic E-state index is -4.61. The van der Waals surface area contributed by atoms with Crippen molar-refractivity contribution in [1.29, 1.82) is 0 Å². The van der Waals surface area contributed by atoms with Gasteiger partial charge in [-0.05, 0) is 30.7 Å². The molecule has 0 aliphatic carbocycles. The van der Waals surface area contributed by atoms with E-state index >= 15 is 0 Å². The molecule has 0 unspecified atom stereocenters. The predicted molar refractivity (Wildman–Crippen MR) is 86.4 cm³/mol. The van der Waals surface area contributed by atoms with E-state index in [1.807, 2.05) is 13.0 Å². The molecular formula is C17H12F3NO2S. The number of rotatable bonds is 3. The zero-order valence-corrected chi connectivity index (χ0v) is 13.3. The average Bonchev–Trinajstić information content (AvgIpc) is 3.01. The van der Waals surface area contributed by atoms with Crippen LogP contribution in [0.25, 0.3) is 21.5 Å². The number of aryl methyl sites for hydroxylation is 1. The molecule has 2 aromatic heterocycles. The lowest BCUT2D eigenvalue weighted by Crippen LogP contribution is -2.08. The lowest BCUT2D eigenvalue weighted by molar-refractivity contribution is -0.136. The number of aromatic carboxylic acids is 1. The van der Waals surface area contributed by atoms with Crippen LogP contribution in [0.3, 0.4) is 0 Å². The van der Waals surface area contributed by atoms with Crippen LogP contribution in [-0.2, 0) is 12.6 Å². The van der Waals surface area contributed by atoms with Crippen LogP contribution in [0, 0.1) is 0 Å². The number of carboxylic acids is 1. The van der Waals surface area contributed by atoms with E-state index in [9.17, 15) is 23.1 Å². The van der Waals surface area contributed by atoms with E-state index in [2.05, 4.69) is 4.98 Å². The summed E-state index contributed by atoms with van der Waals surface area (Å²) >= 11 is 1.39. The maximum atomic E-state index is 13.3. The summed E-state index contributed by atoms with van der Waals surface area (Å²) in [5.74, 6) is -1.28. The van der Waals surface area contributed by atoms with Gasteiger partial charge in [0.15, 0.2) is 0 Å². The number of hydrogen-bond donors (Lipinski definition) is 1. The van der Waals surface area contributed by atoms with Crippen LogP contribution in [0.1, 0.15) is 27.7 Å². The van der Waals surface area contributed by atoms with Gasteiger partial charge >= 0.3 is 12.1 Å². The fourth-order valence-corrected chi connectivity index (χ4v) is 3.39. The van der Waals surface area contributed by atoms with Crippen LogP contribution in [0.4, 0.5) is 13.2 Å². The summed E-state index contributed by atoms with van der Waals surface area (Å²) in [7, 11) is 0. The SMILES string of the molecule is CCc1ccc(-c2cc(C(=O)O)c3cccc(C(F)(F)F)c3n2)s1. The van der Waals surface area contributed by atoms with Crippen molar-refractivity contribution in [3.05, 3.63) is 52.4 Å². The molecule has 0 atom stereocenters. The normalized spacial score (nSPS) is 11.8. The smallest absolute Gasteiger partial charge is 0.418 e. The van der Waals surface area contributed by atoms with Gasteiger partial charge in [-0.3, -0.25) is 0 Å². The number of aromatic nitrogens is 1. The number of pyridine rings is 1. The number of nitrogens with zero attached hydrogens (tertiary/aromatic N) is 1. The van der Waals surface area contributed by atoms with Crippen LogP contribution >= 0.6 is 11.3 Å². The van der Waals surface area contributed by atoms with E-state index in [1.165, 1.54) is 29.5 Å². The third-order valence-corrected chi connectivity index (χ3v) is 4.89. The Morgan fingerprint density at radius 3 is 2.58 bits per heavy atom. The number of carbonyl (C=O) groups is 1. The van der Waals surface area contributed by atoms with Gasteiger partial charge in [-0.25, -0.2) is 9.78 Å². The Hall–Kier alpha value is -2.41. The monoisotopic (exact) mass is 351 g/mol. The standard InChI is InChI=1S/C17H12F3NO2S/c1-2-9-6-7-14(24-9)13-8-11(16(22)23)10-4-3-5-12(15(10)21-13)17(18,19)20/h3-8H,2H2,1H3,(H,22,23). The third kappa shape index (κ3) is 2.87. The number of alkyl halides is 3. The van der Waals surface area contributed by atoms with Crippen LogP contribution in [-0.4, -0.2) is 16.1 Å². The van der Waals surface area contributed by atoms with Gasteiger partial charge in [0, 0.05) is 10.3 Å². The molecule has 3 aromatic rings. The van der Waals surface area contributed by atoms with Gasteiger partial charge in [-0.1, -0.05) is 19.1 Å². The van der Waals surface area contributed by atoms with Gasteiger partial charge < -0.3 is 5.11 Å². The van der Waals surface area contributed by atoms with Crippen LogP contribution in [0.5, 0.6) is 0 Å². The fraction of sp³-hybridized carbons (Fsp3) is 0.176. The molecule has 7 heteroatoms. The number of benzene rings is 1. The summed E-state index contributed by atoms with van der Waals surface area (Å²) in [6.07, 6.45) is -3.82. The first kappa shape index (κ1) is 16.4. The molecule has 1 aromatic carbocycles. The zero-order valence-electron chi connectivity index (χ0n) is 12.5. The highest BCUT2D eigenvalue weighted by atomic mass is 32.1. The molecule has 124 valence electrons. The Morgan fingerprint density at radius 1 is 1.25 bits per heavy atom. The molecule has 1 N–H and O–H groups in total. The minimum Gasteiger partial charge on any atom is -0.478 e. The maximum Gasteiger partial charge on any atom is 0.418 e. The highest BCUT2D eigenvalue weighted by molar-refractivity contribution is 7.15. The molecule has 3 rings (SSSR count). The summed E-state index contributed by atoms with van der Waals surface area (Å²) < 4.78 is 39.8. The highest BCUT2D eigenvalue weighted by Crippen LogP contribution is 2.37. The first-order chi connectivity index (χ1) is 11.3. The van der Waals surface area contributed by atoms with Gasteiger partial charge in [0.25, 0.3) is 0 Å².